The van der Waals surface area contributed by atoms with Crippen LogP contribution in [0.1, 0.15) is 37.7 Å². The third-order valence-corrected chi connectivity index (χ3v) is 4.35. The zero-order chi connectivity index (χ0) is 14.4. The van der Waals surface area contributed by atoms with Gasteiger partial charge in [-0.15, -0.1) is 0 Å². The van der Waals surface area contributed by atoms with E-state index in [0.717, 1.165) is 25.3 Å². The molecule has 3 heteroatoms. The second-order valence-electron chi connectivity index (χ2n) is 5.90. The Bertz CT molecular complexity index is 400. The second kappa shape index (κ2) is 7.65. The quantitative estimate of drug-likeness (QED) is 0.868. The van der Waals surface area contributed by atoms with E-state index < -0.39 is 0 Å². The van der Waals surface area contributed by atoms with Crippen LogP contribution in [-0.2, 0) is 0 Å². The summed E-state index contributed by atoms with van der Waals surface area (Å²) in [4.78, 5) is 2.41. The zero-order valence-electron chi connectivity index (χ0n) is 12.8. The number of piperidine rings is 1. The topological polar surface area (TPSA) is 38.5 Å². The largest absolute Gasteiger partial charge is 0.494 e. The van der Waals surface area contributed by atoms with Gasteiger partial charge in [-0.1, -0.05) is 19.1 Å². The number of hydrogen-bond acceptors (Lipinski definition) is 3. The van der Waals surface area contributed by atoms with Gasteiger partial charge >= 0.3 is 0 Å². The molecule has 0 amide bonds. The minimum atomic E-state index is 0.467. The van der Waals surface area contributed by atoms with Crippen molar-refractivity contribution < 1.29 is 4.74 Å². The van der Waals surface area contributed by atoms with Gasteiger partial charge in [0.15, 0.2) is 0 Å². The summed E-state index contributed by atoms with van der Waals surface area (Å²) in [6.07, 6.45) is 3.54. The highest BCUT2D eigenvalue weighted by atomic mass is 16.5. The van der Waals surface area contributed by atoms with Gasteiger partial charge in [0.2, 0.25) is 0 Å². The van der Waals surface area contributed by atoms with Crippen LogP contribution in [0.15, 0.2) is 24.3 Å². The number of rotatable bonds is 6. The van der Waals surface area contributed by atoms with Gasteiger partial charge in [-0.05, 0) is 75.5 Å². The summed E-state index contributed by atoms with van der Waals surface area (Å²) in [7, 11) is 2.20. The zero-order valence-corrected chi connectivity index (χ0v) is 12.8. The highest BCUT2D eigenvalue weighted by molar-refractivity contribution is 5.31. The highest BCUT2D eigenvalue weighted by Gasteiger charge is 2.25. The van der Waals surface area contributed by atoms with E-state index >= 15 is 0 Å². The van der Waals surface area contributed by atoms with Crippen LogP contribution in [0.3, 0.4) is 0 Å². The lowest BCUT2D eigenvalue weighted by Crippen LogP contribution is -2.34. The van der Waals surface area contributed by atoms with E-state index in [4.69, 9.17) is 10.5 Å². The van der Waals surface area contributed by atoms with Gasteiger partial charge in [-0.25, -0.2) is 0 Å². The van der Waals surface area contributed by atoms with Crippen LogP contribution < -0.4 is 10.5 Å². The number of nitrogens with zero attached hydrogens (tertiary/aromatic N) is 1. The molecular weight excluding hydrogens is 248 g/mol. The highest BCUT2D eigenvalue weighted by Crippen LogP contribution is 2.33. The average Bonchev–Trinajstić information content (AvgIpc) is 2.48. The molecule has 1 aromatic rings. The first-order valence-corrected chi connectivity index (χ1v) is 7.86. The predicted molar refractivity (Wildman–Crippen MR) is 84.2 cm³/mol. The monoisotopic (exact) mass is 276 g/mol. The van der Waals surface area contributed by atoms with E-state index in [1.54, 1.807) is 0 Å². The molecule has 0 bridgehead atoms. The first-order chi connectivity index (χ1) is 9.74. The van der Waals surface area contributed by atoms with Gasteiger partial charge in [-0.2, -0.15) is 0 Å². The maximum atomic E-state index is 6.07. The minimum Gasteiger partial charge on any atom is -0.494 e. The fourth-order valence-corrected chi connectivity index (χ4v) is 3.09. The van der Waals surface area contributed by atoms with Crippen molar-refractivity contribution in [2.45, 2.75) is 32.1 Å². The Labute approximate surface area is 123 Å². The third-order valence-electron chi connectivity index (χ3n) is 4.35. The molecule has 1 saturated heterocycles. The maximum Gasteiger partial charge on any atom is 0.119 e. The molecule has 1 atom stereocenters. The molecule has 0 saturated carbocycles. The van der Waals surface area contributed by atoms with Crippen molar-refractivity contribution in [3.8, 4) is 5.75 Å². The molecular formula is C17H28N2O. The molecule has 1 aliphatic rings. The first-order valence-electron chi connectivity index (χ1n) is 7.86. The molecule has 1 heterocycles. The van der Waals surface area contributed by atoms with Gasteiger partial charge < -0.3 is 15.4 Å². The summed E-state index contributed by atoms with van der Waals surface area (Å²) < 4.78 is 5.75. The molecule has 0 spiro atoms. The summed E-state index contributed by atoms with van der Waals surface area (Å²) in [5.41, 5.74) is 7.41. The standard InChI is InChI=1S/C17H28N2O/c1-3-11-20-16-6-4-5-15(12-16)17(13-18)14-7-9-19(2)10-8-14/h4-6,12,14,17H,3,7-11,13,18H2,1-2H3. The Morgan fingerprint density at radius 1 is 1.35 bits per heavy atom. The van der Waals surface area contributed by atoms with E-state index in [0.29, 0.717) is 11.8 Å². The van der Waals surface area contributed by atoms with Crippen LogP contribution in [0.2, 0.25) is 0 Å². The summed E-state index contributed by atoms with van der Waals surface area (Å²) in [5.74, 6) is 2.15. The van der Waals surface area contributed by atoms with Crippen molar-refractivity contribution in [1.29, 1.82) is 0 Å². The molecule has 20 heavy (non-hydrogen) atoms. The number of hydrogen-bond donors (Lipinski definition) is 1. The molecule has 0 aromatic heterocycles. The molecule has 2 rings (SSSR count). The fourth-order valence-electron chi connectivity index (χ4n) is 3.09. The number of likely N-dealkylation sites (tertiary alicyclic amines) is 1. The van der Waals surface area contributed by atoms with E-state index in [2.05, 4.69) is 37.1 Å². The molecule has 1 aliphatic heterocycles. The van der Waals surface area contributed by atoms with Gasteiger partial charge in [0, 0.05) is 0 Å². The Balaban J connectivity index is 2.06. The van der Waals surface area contributed by atoms with Crippen molar-refractivity contribution in [3.05, 3.63) is 29.8 Å². The second-order valence-corrected chi connectivity index (χ2v) is 5.90. The Morgan fingerprint density at radius 3 is 2.75 bits per heavy atom. The molecule has 112 valence electrons. The predicted octanol–water partition coefficient (Wildman–Crippen LogP) is 2.86. The summed E-state index contributed by atoms with van der Waals surface area (Å²) >= 11 is 0. The molecule has 0 aliphatic carbocycles. The van der Waals surface area contributed by atoms with Crippen molar-refractivity contribution in [3.63, 3.8) is 0 Å². The summed E-state index contributed by atoms with van der Waals surface area (Å²) in [6.45, 7) is 6.02. The first kappa shape index (κ1) is 15.3. The molecule has 3 nitrogen and oxygen atoms in total. The Morgan fingerprint density at radius 2 is 2.10 bits per heavy atom. The van der Waals surface area contributed by atoms with E-state index in [-0.39, 0.29) is 0 Å². The molecule has 1 fully saturated rings. The lowest BCUT2D eigenvalue weighted by atomic mass is 9.80. The maximum absolute atomic E-state index is 6.07. The van der Waals surface area contributed by atoms with Gasteiger partial charge in [-0.3, -0.25) is 0 Å². The lowest BCUT2D eigenvalue weighted by molar-refractivity contribution is 0.199. The molecule has 1 aromatic carbocycles. The van der Waals surface area contributed by atoms with E-state index in [1.807, 2.05) is 6.07 Å². The Hall–Kier alpha value is -1.06. The lowest BCUT2D eigenvalue weighted by Gasteiger charge is -2.34. The SMILES string of the molecule is CCCOc1cccc(C(CN)C2CCN(C)CC2)c1. The van der Waals surface area contributed by atoms with Crippen molar-refractivity contribution >= 4 is 0 Å². The summed E-state index contributed by atoms with van der Waals surface area (Å²) in [6, 6.07) is 8.53. The van der Waals surface area contributed by atoms with Crippen molar-refractivity contribution in [2.75, 3.05) is 33.3 Å². The van der Waals surface area contributed by atoms with Gasteiger partial charge in [0.1, 0.15) is 5.75 Å². The Kier molecular flexibility index (Phi) is 5.86. The van der Waals surface area contributed by atoms with Crippen LogP contribution in [-0.4, -0.2) is 38.2 Å². The smallest absolute Gasteiger partial charge is 0.119 e. The number of nitrogens with two attached hydrogens (primary N) is 1. The van der Waals surface area contributed by atoms with Crippen LogP contribution in [0.5, 0.6) is 5.75 Å². The normalized spacial score (nSPS) is 18.9. The summed E-state index contributed by atoms with van der Waals surface area (Å²) in [5, 5.41) is 0. The van der Waals surface area contributed by atoms with Crippen LogP contribution in [0.4, 0.5) is 0 Å². The van der Waals surface area contributed by atoms with Crippen LogP contribution in [0, 0.1) is 5.92 Å². The van der Waals surface area contributed by atoms with Gasteiger partial charge in [0.05, 0.1) is 6.61 Å². The van der Waals surface area contributed by atoms with E-state index in [9.17, 15) is 0 Å². The van der Waals surface area contributed by atoms with Crippen molar-refractivity contribution in [1.82, 2.24) is 4.90 Å². The minimum absolute atomic E-state index is 0.467. The number of ether oxygens (including phenoxy) is 1. The van der Waals surface area contributed by atoms with Crippen molar-refractivity contribution in [2.24, 2.45) is 11.7 Å². The van der Waals surface area contributed by atoms with Gasteiger partial charge in [0.25, 0.3) is 0 Å². The average molecular weight is 276 g/mol. The molecule has 2 N–H and O–H groups in total. The van der Waals surface area contributed by atoms with Crippen LogP contribution >= 0.6 is 0 Å². The number of benzene rings is 1. The van der Waals surface area contributed by atoms with E-state index in [1.165, 1.54) is 31.5 Å². The molecule has 0 radical (unpaired) electrons. The van der Waals surface area contributed by atoms with Crippen LogP contribution in [0.25, 0.3) is 0 Å². The molecule has 1 unspecified atom stereocenters. The third kappa shape index (κ3) is 3.97. The fraction of sp³-hybridized carbons (Fsp3) is 0.647.